The summed E-state index contributed by atoms with van der Waals surface area (Å²) in [4.78, 5) is 2.13. The predicted molar refractivity (Wildman–Crippen MR) is 72.3 cm³/mol. The summed E-state index contributed by atoms with van der Waals surface area (Å²) in [5.74, 6) is 0.614. The molecule has 1 unspecified atom stereocenters. The molecule has 0 aromatic carbocycles. The number of hydrogen-bond donors (Lipinski definition) is 2. The van der Waals surface area contributed by atoms with E-state index >= 15 is 0 Å². The van der Waals surface area contributed by atoms with Crippen LogP contribution in [0.4, 0.5) is 0 Å². The minimum absolute atomic E-state index is 0.00836. The van der Waals surface area contributed by atoms with E-state index in [1.54, 1.807) is 13.1 Å². The van der Waals surface area contributed by atoms with E-state index in [0.717, 1.165) is 25.9 Å². The SMILES string of the molecule is CNCc1ccc(S(=O)(=O)NC2CCCN(C)C2)o1. The van der Waals surface area contributed by atoms with E-state index in [0.29, 0.717) is 12.3 Å². The number of likely N-dealkylation sites (N-methyl/N-ethyl adjacent to an activating group) is 1. The van der Waals surface area contributed by atoms with Crippen molar-refractivity contribution in [2.45, 2.75) is 30.5 Å². The Balaban J connectivity index is 2.04. The number of piperidine rings is 1. The first-order valence-corrected chi connectivity index (χ1v) is 7.94. The van der Waals surface area contributed by atoms with E-state index in [2.05, 4.69) is 14.9 Å². The zero-order valence-corrected chi connectivity index (χ0v) is 12.2. The second-order valence-electron chi connectivity index (χ2n) is 4.97. The molecule has 2 rings (SSSR count). The molecule has 1 atom stereocenters. The van der Waals surface area contributed by atoms with Crippen molar-refractivity contribution in [3.63, 3.8) is 0 Å². The van der Waals surface area contributed by atoms with Gasteiger partial charge in [-0.1, -0.05) is 0 Å². The molecular formula is C12H21N3O3S. The third-order valence-electron chi connectivity index (χ3n) is 3.20. The Hall–Kier alpha value is -0.890. The third kappa shape index (κ3) is 3.79. The topological polar surface area (TPSA) is 74.6 Å². The third-order valence-corrected chi connectivity index (χ3v) is 4.59. The number of hydrogen-bond acceptors (Lipinski definition) is 5. The highest BCUT2D eigenvalue weighted by molar-refractivity contribution is 7.89. The molecule has 1 aliphatic rings. The molecule has 0 bridgehead atoms. The van der Waals surface area contributed by atoms with Crippen LogP contribution in [0.1, 0.15) is 18.6 Å². The zero-order valence-electron chi connectivity index (χ0n) is 11.3. The molecule has 0 radical (unpaired) electrons. The first kappa shape index (κ1) is 14.5. The summed E-state index contributed by atoms with van der Waals surface area (Å²) in [6, 6.07) is 3.14. The fourth-order valence-electron chi connectivity index (χ4n) is 2.31. The Bertz CT molecular complexity index is 512. The Morgan fingerprint density at radius 1 is 1.47 bits per heavy atom. The van der Waals surface area contributed by atoms with Crippen molar-refractivity contribution in [1.82, 2.24) is 14.9 Å². The lowest BCUT2D eigenvalue weighted by atomic mass is 10.1. The fourth-order valence-corrected chi connectivity index (χ4v) is 3.52. The molecule has 0 spiro atoms. The Morgan fingerprint density at radius 2 is 2.26 bits per heavy atom. The van der Waals surface area contributed by atoms with Gasteiger partial charge in [0.1, 0.15) is 5.76 Å². The van der Waals surface area contributed by atoms with Crippen molar-refractivity contribution in [2.24, 2.45) is 0 Å². The monoisotopic (exact) mass is 287 g/mol. The Labute approximate surface area is 114 Å². The van der Waals surface area contributed by atoms with Crippen LogP contribution >= 0.6 is 0 Å². The normalized spacial score (nSPS) is 21.7. The summed E-state index contributed by atoms with van der Waals surface area (Å²) in [6.45, 7) is 2.27. The number of likely N-dealkylation sites (tertiary alicyclic amines) is 1. The van der Waals surface area contributed by atoms with Gasteiger partial charge in [0.25, 0.3) is 10.0 Å². The van der Waals surface area contributed by atoms with Crippen LogP contribution in [0.5, 0.6) is 0 Å². The van der Waals surface area contributed by atoms with Gasteiger partial charge in [0.05, 0.1) is 6.54 Å². The van der Waals surface area contributed by atoms with Crippen LogP contribution < -0.4 is 10.0 Å². The summed E-state index contributed by atoms with van der Waals surface area (Å²) >= 11 is 0. The molecule has 1 fully saturated rings. The van der Waals surface area contributed by atoms with Gasteiger partial charge in [-0.2, -0.15) is 0 Å². The molecule has 2 N–H and O–H groups in total. The standard InChI is InChI=1S/C12H21N3O3S/c1-13-8-11-5-6-12(18-11)19(16,17)14-10-4-3-7-15(2)9-10/h5-6,10,13-14H,3-4,7-9H2,1-2H3. The average molecular weight is 287 g/mol. The van der Waals surface area contributed by atoms with Crippen LogP contribution in [0, 0.1) is 0 Å². The lowest BCUT2D eigenvalue weighted by Crippen LogP contribution is -2.46. The van der Waals surface area contributed by atoms with Crippen molar-refractivity contribution in [1.29, 1.82) is 0 Å². The van der Waals surface area contributed by atoms with E-state index in [1.165, 1.54) is 6.07 Å². The van der Waals surface area contributed by atoms with Gasteiger partial charge in [-0.15, -0.1) is 0 Å². The van der Waals surface area contributed by atoms with Crippen LogP contribution in [-0.2, 0) is 16.6 Å². The number of nitrogens with zero attached hydrogens (tertiary/aromatic N) is 1. The largest absolute Gasteiger partial charge is 0.447 e. The van der Waals surface area contributed by atoms with Crippen molar-refractivity contribution in [2.75, 3.05) is 27.2 Å². The maximum Gasteiger partial charge on any atom is 0.274 e. The zero-order chi connectivity index (χ0) is 13.9. The molecule has 1 saturated heterocycles. The second-order valence-corrected chi connectivity index (χ2v) is 6.62. The molecule has 0 aliphatic carbocycles. The minimum Gasteiger partial charge on any atom is -0.447 e. The quantitative estimate of drug-likeness (QED) is 0.818. The number of sulfonamides is 1. The van der Waals surface area contributed by atoms with E-state index in [1.807, 2.05) is 7.05 Å². The molecule has 1 aromatic heterocycles. The molecule has 19 heavy (non-hydrogen) atoms. The summed E-state index contributed by atoms with van der Waals surface area (Å²) in [6.07, 6.45) is 1.88. The van der Waals surface area contributed by atoms with Gasteiger partial charge in [-0.25, -0.2) is 13.1 Å². The van der Waals surface area contributed by atoms with Crippen LogP contribution in [-0.4, -0.2) is 46.5 Å². The van der Waals surface area contributed by atoms with Gasteiger partial charge in [0, 0.05) is 12.6 Å². The lowest BCUT2D eigenvalue weighted by Gasteiger charge is -2.29. The van der Waals surface area contributed by atoms with Crippen molar-refractivity contribution < 1.29 is 12.8 Å². The van der Waals surface area contributed by atoms with Crippen molar-refractivity contribution in [3.05, 3.63) is 17.9 Å². The first-order chi connectivity index (χ1) is 9.01. The molecular weight excluding hydrogens is 266 g/mol. The second kappa shape index (κ2) is 6.04. The highest BCUT2D eigenvalue weighted by Gasteiger charge is 2.25. The van der Waals surface area contributed by atoms with Crippen molar-refractivity contribution >= 4 is 10.0 Å². The van der Waals surface area contributed by atoms with E-state index in [-0.39, 0.29) is 11.1 Å². The molecule has 1 aliphatic heterocycles. The van der Waals surface area contributed by atoms with Gasteiger partial charge < -0.3 is 14.6 Å². The maximum absolute atomic E-state index is 12.2. The van der Waals surface area contributed by atoms with Gasteiger partial charge in [0.15, 0.2) is 0 Å². The molecule has 2 heterocycles. The average Bonchev–Trinajstić information content (AvgIpc) is 2.78. The Kier molecular flexibility index (Phi) is 4.62. The minimum atomic E-state index is -3.55. The highest BCUT2D eigenvalue weighted by Crippen LogP contribution is 2.16. The summed E-state index contributed by atoms with van der Waals surface area (Å²) in [5, 5.41) is 2.91. The van der Waals surface area contributed by atoms with Gasteiger partial charge in [-0.05, 0) is 45.6 Å². The number of furan rings is 1. The van der Waals surface area contributed by atoms with E-state index in [9.17, 15) is 8.42 Å². The van der Waals surface area contributed by atoms with Gasteiger partial charge in [0.2, 0.25) is 5.09 Å². The molecule has 0 amide bonds. The maximum atomic E-state index is 12.2. The van der Waals surface area contributed by atoms with Crippen molar-refractivity contribution in [3.8, 4) is 0 Å². The predicted octanol–water partition coefficient (Wildman–Crippen LogP) is 0.372. The van der Waals surface area contributed by atoms with Crippen LogP contribution in [0.3, 0.4) is 0 Å². The highest BCUT2D eigenvalue weighted by atomic mass is 32.2. The summed E-state index contributed by atoms with van der Waals surface area (Å²) in [7, 11) is 0.231. The van der Waals surface area contributed by atoms with Gasteiger partial charge >= 0.3 is 0 Å². The summed E-state index contributed by atoms with van der Waals surface area (Å²) < 4.78 is 32.4. The molecule has 108 valence electrons. The van der Waals surface area contributed by atoms with Crippen LogP contribution in [0.25, 0.3) is 0 Å². The van der Waals surface area contributed by atoms with E-state index in [4.69, 9.17) is 4.42 Å². The van der Waals surface area contributed by atoms with Crippen LogP contribution in [0.2, 0.25) is 0 Å². The number of nitrogens with one attached hydrogen (secondary N) is 2. The number of rotatable bonds is 5. The van der Waals surface area contributed by atoms with E-state index < -0.39 is 10.0 Å². The van der Waals surface area contributed by atoms with Crippen LogP contribution in [0.15, 0.2) is 21.6 Å². The summed E-state index contributed by atoms with van der Waals surface area (Å²) in [5.41, 5.74) is 0. The molecule has 1 aromatic rings. The molecule has 7 heteroatoms. The smallest absolute Gasteiger partial charge is 0.274 e. The Morgan fingerprint density at radius 3 is 2.95 bits per heavy atom. The lowest BCUT2D eigenvalue weighted by molar-refractivity contribution is 0.241. The van der Waals surface area contributed by atoms with Gasteiger partial charge in [-0.3, -0.25) is 0 Å². The molecule has 6 nitrogen and oxygen atoms in total. The first-order valence-electron chi connectivity index (χ1n) is 6.45. The fraction of sp³-hybridized carbons (Fsp3) is 0.667. The molecule has 0 saturated carbocycles.